The molecule has 0 N–H and O–H groups in total. The van der Waals surface area contributed by atoms with E-state index >= 15 is 0 Å². The first-order chi connectivity index (χ1) is 27.6. The molecule has 0 amide bonds. The zero-order chi connectivity index (χ0) is 47.5. The third-order valence-electron chi connectivity index (χ3n) is 5.04. The number of carbonyl (C=O) groups is 6. The molecular weight excluding hydrogens is 778 g/mol. The van der Waals surface area contributed by atoms with Crippen molar-refractivity contribution in [2.75, 3.05) is 39.6 Å². The highest BCUT2D eigenvalue weighted by atomic mass is 16.6. The molecule has 19 nitrogen and oxygen atoms in total. The van der Waals surface area contributed by atoms with Crippen LogP contribution >= 0.6 is 0 Å². The predicted molar refractivity (Wildman–Crippen MR) is 205 cm³/mol. The maximum atomic E-state index is 11.1. The summed E-state index contributed by atoms with van der Waals surface area (Å²) in [7, 11) is 0. The van der Waals surface area contributed by atoms with Crippen molar-refractivity contribution in [3.8, 4) is 6.07 Å². The second kappa shape index (κ2) is 42.7. The summed E-state index contributed by atoms with van der Waals surface area (Å²) in [4.78, 5) is 104. The minimum atomic E-state index is -0.865. The Balaban J connectivity index is -0.000000152. The Bertz CT molecular complexity index is 1740. The summed E-state index contributed by atoms with van der Waals surface area (Å²) >= 11 is 0. The van der Waals surface area contributed by atoms with Crippen molar-refractivity contribution in [1.29, 1.82) is 5.26 Å². The van der Waals surface area contributed by atoms with Crippen LogP contribution in [0.15, 0.2) is 97.5 Å². The fourth-order valence-electron chi connectivity index (χ4n) is 2.01. The molecule has 0 fully saturated rings. The molecular formula is C40H47N3O16. The van der Waals surface area contributed by atoms with E-state index in [2.05, 4.69) is 86.0 Å². The number of hydrogen-bond acceptors (Lipinski definition) is 17. The number of nitriles is 1. The summed E-state index contributed by atoms with van der Waals surface area (Å²) in [6.07, 6.45) is 1.57. The lowest BCUT2D eigenvalue weighted by molar-refractivity contribution is -0.193. The summed E-state index contributed by atoms with van der Waals surface area (Å²) in [5.41, 5.74) is 1.32. The lowest BCUT2D eigenvalue weighted by Crippen LogP contribution is -2.15. The first-order valence-corrected chi connectivity index (χ1v) is 16.1. The van der Waals surface area contributed by atoms with Gasteiger partial charge in [0, 0.05) is 11.1 Å². The van der Waals surface area contributed by atoms with E-state index in [1.807, 2.05) is 6.92 Å². The van der Waals surface area contributed by atoms with E-state index in [-0.39, 0.29) is 80.1 Å². The van der Waals surface area contributed by atoms with Gasteiger partial charge in [-0.3, -0.25) is 9.59 Å². The van der Waals surface area contributed by atoms with E-state index in [0.29, 0.717) is 24.0 Å². The molecule has 0 atom stereocenters. The topological polar surface area (TPSA) is 259 Å². The monoisotopic (exact) mass is 825 g/mol. The lowest BCUT2D eigenvalue weighted by Gasteiger charge is -2.07. The smallest absolute Gasteiger partial charge is 0.373 e. The average Bonchev–Trinajstić information content (AvgIpc) is 3.22. The fraction of sp³-hybridized carbons (Fsp3) is 0.325. The SMILES string of the molecule is C=C(C#N)COC(=O)C(=C)CC.C=C(CC)C(=O)OCC(=C)C(=O)OCC.O=C=O.O=C=O.[C-]#[N+]C(=C)C(=O)OCC(=C)C.[C-]#[N+]C(=C)C(=O)OCC(=C)C(=O)OCC. The van der Waals surface area contributed by atoms with Crippen LogP contribution in [0.5, 0.6) is 0 Å². The van der Waals surface area contributed by atoms with Crippen LogP contribution in [-0.2, 0) is 76.4 Å². The van der Waals surface area contributed by atoms with Gasteiger partial charge in [-0.25, -0.2) is 28.9 Å². The Morgan fingerprint density at radius 3 is 1.02 bits per heavy atom. The Morgan fingerprint density at radius 2 is 0.763 bits per heavy atom. The molecule has 0 spiro atoms. The van der Waals surface area contributed by atoms with E-state index in [1.165, 1.54) is 0 Å². The molecule has 0 heterocycles. The zero-order valence-electron chi connectivity index (χ0n) is 33.7. The van der Waals surface area contributed by atoms with Gasteiger partial charge in [-0.2, -0.15) is 24.4 Å². The zero-order valence-corrected chi connectivity index (χ0v) is 33.7. The molecule has 0 saturated carbocycles. The third-order valence-corrected chi connectivity index (χ3v) is 5.04. The van der Waals surface area contributed by atoms with Gasteiger partial charge in [0.05, 0.1) is 49.1 Å². The van der Waals surface area contributed by atoms with E-state index in [4.69, 9.17) is 42.3 Å². The number of nitrogens with zero attached hydrogens (tertiary/aromatic N) is 3. The number of esters is 6. The summed E-state index contributed by atoms with van der Waals surface area (Å²) in [6.45, 7) is 48.8. The summed E-state index contributed by atoms with van der Waals surface area (Å²) in [6, 6.07) is 1.78. The molecule has 0 unspecified atom stereocenters. The molecule has 0 aromatic rings. The van der Waals surface area contributed by atoms with Crippen LogP contribution < -0.4 is 0 Å². The molecule has 0 aromatic heterocycles. The highest BCUT2D eigenvalue weighted by Crippen LogP contribution is 2.04. The van der Waals surface area contributed by atoms with Crippen LogP contribution in [0.3, 0.4) is 0 Å². The van der Waals surface area contributed by atoms with Gasteiger partial charge in [0.2, 0.25) is 0 Å². The van der Waals surface area contributed by atoms with Crippen molar-refractivity contribution < 1.29 is 76.4 Å². The van der Waals surface area contributed by atoms with Gasteiger partial charge in [0.1, 0.15) is 26.4 Å². The Kier molecular flexibility index (Phi) is 45.6. The van der Waals surface area contributed by atoms with Crippen molar-refractivity contribution >= 4 is 48.1 Å². The number of ether oxygens (including phenoxy) is 6. The molecule has 0 aliphatic heterocycles. The van der Waals surface area contributed by atoms with Gasteiger partial charge < -0.3 is 28.4 Å². The predicted octanol–water partition coefficient (Wildman–Crippen LogP) is 4.64. The van der Waals surface area contributed by atoms with Crippen molar-refractivity contribution in [2.24, 2.45) is 0 Å². The van der Waals surface area contributed by atoms with Gasteiger partial charge in [-0.05, 0) is 39.2 Å². The quantitative estimate of drug-likeness (QED) is 0.0455. The summed E-state index contributed by atoms with van der Waals surface area (Å²) < 4.78 is 27.9. The van der Waals surface area contributed by atoms with Crippen molar-refractivity contribution in [2.45, 2.75) is 47.5 Å². The van der Waals surface area contributed by atoms with E-state index < -0.39 is 35.8 Å². The fourth-order valence-corrected chi connectivity index (χ4v) is 2.01. The summed E-state index contributed by atoms with van der Waals surface area (Å²) in [5, 5.41) is 8.28. The minimum Gasteiger partial charge on any atom is -0.466 e. The van der Waals surface area contributed by atoms with Crippen molar-refractivity contribution in [3.05, 3.63) is 120 Å². The van der Waals surface area contributed by atoms with E-state index in [1.54, 1.807) is 33.8 Å². The van der Waals surface area contributed by atoms with Crippen LogP contribution in [0.1, 0.15) is 47.5 Å². The van der Waals surface area contributed by atoms with Gasteiger partial charge >= 0.3 is 48.1 Å². The standard InChI is InChI=1S/C11H16O4.C10H11NO4.C9H11NO2.C8H9NO2.2CO2/c1-5-8(3)10(12)15-7-9(4)11(13)14-6-2;1-5-14-9(12)7(2)6-15-10(13)8(3)11-4;1-4-8(3)9(11)12-6-7(2)5-10;1-6(2)5-11-8(10)7(3)9-4;2*2-1-3/h3-7H2,1-2H3;2-3,5-6H2,1H3;2-4,6H2,1H3;1,3,5H2,2H3;;. The molecule has 0 saturated heterocycles. The molecule has 59 heavy (non-hydrogen) atoms. The van der Waals surface area contributed by atoms with Crippen LogP contribution in [0.2, 0.25) is 0 Å². The first kappa shape index (κ1) is 62.9. The molecule has 0 bridgehead atoms. The normalized spacial score (nSPS) is 7.97. The van der Waals surface area contributed by atoms with Gasteiger partial charge in [-0.1, -0.05) is 66.5 Å². The highest BCUT2D eigenvalue weighted by molar-refractivity contribution is 5.92. The Morgan fingerprint density at radius 1 is 0.492 bits per heavy atom. The highest BCUT2D eigenvalue weighted by Gasteiger charge is 2.14. The average molecular weight is 826 g/mol. The number of rotatable bonds is 18. The molecule has 318 valence electrons. The van der Waals surface area contributed by atoms with E-state index in [0.717, 1.165) is 5.57 Å². The van der Waals surface area contributed by atoms with Crippen molar-refractivity contribution in [1.82, 2.24) is 0 Å². The molecule has 0 aliphatic carbocycles. The van der Waals surface area contributed by atoms with Gasteiger partial charge in [0.15, 0.2) is 0 Å². The maximum Gasteiger partial charge on any atom is 0.373 e. The van der Waals surface area contributed by atoms with Crippen LogP contribution in [0.4, 0.5) is 0 Å². The van der Waals surface area contributed by atoms with Crippen LogP contribution in [0, 0.1) is 24.5 Å². The third kappa shape index (κ3) is 42.6. The van der Waals surface area contributed by atoms with Crippen molar-refractivity contribution in [3.63, 3.8) is 0 Å². The second-order valence-electron chi connectivity index (χ2n) is 9.82. The molecule has 0 rings (SSSR count). The number of hydrogen-bond donors (Lipinski definition) is 0. The lowest BCUT2D eigenvalue weighted by atomic mass is 10.2. The minimum absolute atomic E-state index is 0.0166. The largest absolute Gasteiger partial charge is 0.466 e. The molecule has 19 heteroatoms. The second-order valence-corrected chi connectivity index (χ2v) is 9.82. The molecule has 0 radical (unpaired) electrons. The van der Waals surface area contributed by atoms with Gasteiger partial charge in [-0.15, -0.1) is 0 Å². The molecule has 0 aromatic carbocycles. The van der Waals surface area contributed by atoms with E-state index in [9.17, 15) is 28.8 Å². The maximum absolute atomic E-state index is 11.1. The summed E-state index contributed by atoms with van der Waals surface area (Å²) in [5.74, 6) is -3.69. The van der Waals surface area contributed by atoms with Gasteiger partial charge in [0.25, 0.3) is 11.4 Å². The first-order valence-electron chi connectivity index (χ1n) is 16.1. The number of carbonyl (C=O) groups excluding carboxylic acids is 10. The Hall–Kier alpha value is -8.03. The van der Waals surface area contributed by atoms with Crippen LogP contribution in [-0.4, -0.2) is 87.8 Å². The Labute approximate surface area is 342 Å². The molecule has 0 aliphatic rings. The van der Waals surface area contributed by atoms with Crippen LogP contribution in [0.25, 0.3) is 9.69 Å².